The number of hydrogen-bond donors (Lipinski definition) is 2. The Morgan fingerprint density at radius 3 is 2.61 bits per heavy atom. The molecule has 1 rings (SSSR count). The fourth-order valence-corrected chi connectivity index (χ4v) is 1.79. The normalized spacial score (nSPS) is 12.7. The minimum atomic E-state index is -0.889. The number of carboxylic acid groups (broad SMARTS) is 1. The van der Waals surface area contributed by atoms with E-state index in [1.165, 1.54) is 0 Å². The Labute approximate surface area is 108 Å². The molecule has 0 fully saturated rings. The predicted molar refractivity (Wildman–Crippen MR) is 70.7 cm³/mol. The van der Waals surface area contributed by atoms with Crippen LogP contribution < -0.4 is 5.32 Å². The van der Waals surface area contributed by atoms with Crippen LogP contribution in [0.1, 0.15) is 29.8 Å². The van der Waals surface area contributed by atoms with E-state index in [1.54, 1.807) is 19.2 Å². The summed E-state index contributed by atoms with van der Waals surface area (Å²) in [6, 6.07) is 7.27. The third kappa shape index (κ3) is 4.13. The Bertz CT molecular complexity index is 390. The molecule has 0 aromatic heterocycles. The molecular formula is C14H21NO3. The van der Waals surface area contributed by atoms with Crippen LogP contribution in [0, 0.1) is 5.92 Å². The van der Waals surface area contributed by atoms with E-state index in [-0.39, 0.29) is 6.04 Å². The molecule has 1 atom stereocenters. The summed E-state index contributed by atoms with van der Waals surface area (Å²) in [6.45, 7) is 5.38. The quantitative estimate of drug-likeness (QED) is 0.779. The second-order valence-electron chi connectivity index (χ2n) is 4.65. The second kappa shape index (κ2) is 7.13. The smallest absolute Gasteiger partial charge is 0.336 e. The number of methoxy groups -OCH3 is 1. The van der Waals surface area contributed by atoms with E-state index in [0.29, 0.717) is 24.6 Å². The zero-order valence-electron chi connectivity index (χ0n) is 11.1. The summed E-state index contributed by atoms with van der Waals surface area (Å²) in [5.74, 6) is -0.456. The molecule has 0 heterocycles. The number of aromatic carboxylic acids is 1. The van der Waals surface area contributed by atoms with Crippen molar-refractivity contribution in [3.63, 3.8) is 0 Å². The Kier molecular flexibility index (Phi) is 5.82. The standard InChI is InChI=1S/C14H21NO3/c1-10(2)13(9-18-3)15-8-11-6-4-5-7-12(11)14(16)17/h4-7,10,13,15H,8-9H2,1-3H3,(H,16,17). The molecule has 0 spiro atoms. The van der Waals surface area contributed by atoms with Crippen molar-refractivity contribution in [1.29, 1.82) is 0 Å². The third-order valence-corrected chi connectivity index (χ3v) is 2.95. The predicted octanol–water partition coefficient (Wildman–Crippen LogP) is 2.15. The van der Waals surface area contributed by atoms with E-state index in [9.17, 15) is 4.79 Å². The van der Waals surface area contributed by atoms with E-state index in [1.807, 2.05) is 12.1 Å². The molecule has 2 N–H and O–H groups in total. The summed E-state index contributed by atoms with van der Waals surface area (Å²) < 4.78 is 5.15. The summed E-state index contributed by atoms with van der Waals surface area (Å²) in [5.41, 5.74) is 1.15. The number of rotatable bonds is 7. The number of nitrogens with one attached hydrogen (secondary N) is 1. The molecule has 0 bridgehead atoms. The van der Waals surface area contributed by atoms with Crippen molar-refractivity contribution in [2.45, 2.75) is 26.4 Å². The lowest BCUT2D eigenvalue weighted by Crippen LogP contribution is -2.37. The van der Waals surface area contributed by atoms with Gasteiger partial charge in [0.25, 0.3) is 0 Å². The molecule has 0 amide bonds. The highest BCUT2D eigenvalue weighted by atomic mass is 16.5. The lowest BCUT2D eigenvalue weighted by Gasteiger charge is -2.22. The summed E-state index contributed by atoms with van der Waals surface area (Å²) in [6.07, 6.45) is 0. The molecule has 0 aliphatic rings. The van der Waals surface area contributed by atoms with Gasteiger partial charge in [-0.1, -0.05) is 32.0 Å². The molecule has 0 aliphatic heterocycles. The molecule has 4 heteroatoms. The van der Waals surface area contributed by atoms with Crippen molar-refractivity contribution in [3.8, 4) is 0 Å². The average molecular weight is 251 g/mol. The monoisotopic (exact) mass is 251 g/mol. The summed E-state index contributed by atoms with van der Waals surface area (Å²) >= 11 is 0. The molecule has 0 saturated heterocycles. The van der Waals surface area contributed by atoms with Crippen molar-refractivity contribution >= 4 is 5.97 Å². The lowest BCUT2D eigenvalue weighted by atomic mass is 10.0. The molecule has 18 heavy (non-hydrogen) atoms. The van der Waals surface area contributed by atoms with E-state index in [4.69, 9.17) is 9.84 Å². The van der Waals surface area contributed by atoms with Crippen LogP contribution in [0.25, 0.3) is 0 Å². The number of benzene rings is 1. The molecule has 1 aromatic rings. The van der Waals surface area contributed by atoms with Gasteiger partial charge in [-0.2, -0.15) is 0 Å². The van der Waals surface area contributed by atoms with Gasteiger partial charge < -0.3 is 15.2 Å². The average Bonchev–Trinajstić information content (AvgIpc) is 2.34. The molecule has 0 aliphatic carbocycles. The van der Waals surface area contributed by atoms with Crippen LogP contribution in [0.2, 0.25) is 0 Å². The molecule has 100 valence electrons. The summed E-state index contributed by atoms with van der Waals surface area (Å²) in [4.78, 5) is 11.1. The maximum Gasteiger partial charge on any atom is 0.336 e. The zero-order valence-corrected chi connectivity index (χ0v) is 11.1. The largest absolute Gasteiger partial charge is 0.478 e. The van der Waals surface area contributed by atoms with Gasteiger partial charge >= 0.3 is 5.97 Å². The first-order chi connectivity index (χ1) is 8.56. The van der Waals surface area contributed by atoms with Gasteiger partial charge in [0.2, 0.25) is 0 Å². The first-order valence-electron chi connectivity index (χ1n) is 6.09. The maximum absolute atomic E-state index is 11.1. The van der Waals surface area contributed by atoms with Crippen molar-refractivity contribution in [2.24, 2.45) is 5.92 Å². The van der Waals surface area contributed by atoms with Gasteiger partial charge in [-0.25, -0.2) is 4.79 Å². The lowest BCUT2D eigenvalue weighted by molar-refractivity contribution is 0.0695. The van der Waals surface area contributed by atoms with Crippen molar-refractivity contribution in [3.05, 3.63) is 35.4 Å². The minimum absolute atomic E-state index is 0.219. The van der Waals surface area contributed by atoms with Gasteiger partial charge in [0, 0.05) is 19.7 Å². The third-order valence-electron chi connectivity index (χ3n) is 2.95. The number of carboxylic acids is 1. The Hall–Kier alpha value is -1.39. The van der Waals surface area contributed by atoms with E-state index < -0.39 is 5.97 Å². The fourth-order valence-electron chi connectivity index (χ4n) is 1.79. The highest BCUT2D eigenvalue weighted by molar-refractivity contribution is 5.89. The Morgan fingerprint density at radius 2 is 2.06 bits per heavy atom. The maximum atomic E-state index is 11.1. The van der Waals surface area contributed by atoms with E-state index in [0.717, 1.165) is 5.56 Å². The Morgan fingerprint density at radius 1 is 1.39 bits per heavy atom. The molecule has 0 saturated carbocycles. The topological polar surface area (TPSA) is 58.6 Å². The number of hydrogen-bond acceptors (Lipinski definition) is 3. The van der Waals surface area contributed by atoms with Gasteiger partial charge in [0.1, 0.15) is 0 Å². The van der Waals surface area contributed by atoms with Gasteiger partial charge in [-0.3, -0.25) is 0 Å². The zero-order chi connectivity index (χ0) is 13.5. The highest BCUT2D eigenvalue weighted by Gasteiger charge is 2.14. The van der Waals surface area contributed by atoms with Crippen LogP contribution in [-0.4, -0.2) is 30.8 Å². The van der Waals surface area contributed by atoms with E-state index >= 15 is 0 Å². The van der Waals surface area contributed by atoms with Gasteiger partial charge in [0.15, 0.2) is 0 Å². The van der Waals surface area contributed by atoms with Gasteiger partial charge in [-0.05, 0) is 17.5 Å². The van der Waals surface area contributed by atoms with Gasteiger partial charge in [0.05, 0.1) is 12.2 Å². The van der Waals surface area contributed by atoms with Crippen molar-refractivity contribution in [2.75, 3.05) is 13.7 Å². The van der Waals surface area contributed by atoms with Crippen LogP contribution >= 0.6 is 0 Å². The first kappa shape index (κ1) is 14.7. The highest BCUT2D eigenvalue weighted by Crippen LogP contribution is 2.10. The molecule has 1 aromatic carbocycles. The summed E-state index contributed by atoms with van der Waals surface area (Å²) in [7, 11) is 1.67. The molecular weight excluding hydrogens is 230 g/mol. The van der Waals surface area contributed by atoms with Crippen LogP contribution in [0.3, 0.4) is 0 Å². The van der Waals surface area contributed by atoms with Crippen LogP contribution in [0.5, 0.6) is 0 Å². The molecule has 1 unspecified atom stereocenters. The fraction of sp³-hybridized carbons (Fsp3) is 0.500. The SMILES string of the molecule is COCC(NCc1ccccc1C(=O)O)C(C)C. The van der Waals surface area contributed by atoms with Crippen LogP contribution in [0.4, 0.5) is 0 Å². The number of ether oxygens (including phenoxy) is 1. The number of carbonyl (C=O) groups is 1. The summed E-state index contributed by atoms with van der Waals surface area (Å²) in [5, 5.41) is 12.4. The van der Waals surface area contributed by atoms with Crippen LogP contribution in [0.15, 0.2) is 24.3 Å². The van der Waals surface area contributed by atoms with E-state index in [2.05, 4.69) is 19.2 Å². The Balaban J connectivity index is 2.70. The van der Waals surface area contributed by atoms with Crippen molar-refractivity contribution in [1.82, 2.24) is 5.32 Å². The molecule has 4 nitrogen and oxygen atoms in total. The van der Waals surface area contributed by atoms with Crippen molar-refractivity contribution < 1.29 is 14.6 Å². The second-order valence-corrected chi connectivity index (χ2v) is 4.65. The van der Waals surface area contributed by atoms with Crippen LogP contribution in [-0.2, 0) is 11.3 Å². The van der Waals surface area contributed by atoms with Gasteiger partial charge in [-0.15, -0.1) is 0 Å². The molecule has 0 radical (unpaired) electrons. The first-order valence-corrected chi connectivity index (χ1v) is 6.09. The minimum Gasteiger partial charge on any atom is -0.478 e.